The Morgan fingerprint density at radius 1 is 1.15 bits per heavy atom. The van der Waals surface area contributed by atoms with Crippen molar-refractivity contribution in [3.8, 4) is 5.75 Å². The highest BCUT2D eigenvalue weighted by molar-refractivity contribution is 5.93. The zero-order valence-electron chi connectivity index (χ0n) is 16.6. The van der Waals surface area contributed by atoms with Gasteiger partial charge in [-0.1, -0.05) is 26.3 Å². The van der Waals surface area contributed by atoms with Crippen molar-refractivity contribution in [2.75, 3.05) is 39.7 Å². The minimum absolute atomic E-state index is 0.0184. The van der Waals surface area contributed by atoms with E-state index in [9.17, 15) is 14.4 Å². The van der Waals surface area contributed by atoms with Gasteiger partial charge in [0.25, 0.3) is 0 Å². The van der Waals surface area contributed by atoms with Crippen LogP contribution in [0.2, 0.25) is 0 Å². The molecule has 2 amide bonds. The molecule has 0 saturated carbocycles. The summed E-state index contributed by atoms with van der Waals surface area (Å²) in [6.45, 7) is 3.81. The Labute approximate surface area is 160 Å². The molecule has 0 unspecified atom stereocenters. The zero-order chi connectivity index (χ0) is 20.4. The number of likely N-dealkylation sites (N-methyl/N-ethyl adjacent to an activating group) is 1. The third kappa shape index (κ3) is 7.65. The van der Waals surface area contributed by atoms with Crippen LogP contribution in [0.3, 0.4) is 0 Å². The van der Waals surface area contributed by atoms with Crippen molar-refractivity contribution in [3.05, 3.63) is 24.3 Å². The maximum Gasteiger partial charge on any atom is 0.328 e. The van der Waals surface area contributed by atoms with Crippen molar-refractivity contribution >= 4 is 23.5 Å². The Balaban J connectivity index is 2.54. The predicted octanol–water partition coefficient (Wildman–Crippen LogP) is 1.27. The van der Waals surface area contributed by atoms with Crippen molar-refractivity contribution in [2.24, 2.45) is 5.92 Å². The monoisotopic (exact) mass is 379 g/mol. The molecule has 2 N–H and O–H groups in total. The molecule has 0 radical (unpaired) electrons. The molecule has 0 aliphatic carbocycles. The van der Waals surface area contributed by atoms with E-state index in [4.69, 9.17) is 9.47 Å². The topological polar surface area (TPSA) is 97.0 Å². The molecule has 0 heterocycles. The number of carbonyl (C=O) groups excluding carboxylic acids is 3. The number of nitrogens with zero attached hydrogens (tertiary/aromatic N) is 1. The van der Waals surface area contributed by atoms with E-state index >= 15 is 0 Å². The first-order valence-electron chi connectivity index (χ1n) is 8.80. The smallest absolute Gasteiger partial charge is 0.328 e. The van der Waals surface area contributed by atoms with E-state index in [0.29, 0.717) is 11.4 Å². The highest BCUT2D eigenvalue weighted by Crippen LogP contribution is 2.16. The molecule has 0 aliphatic heterocycles. The molecule has 0 saturated heterocycles. The van der Waals surface area contributed by atoms with Crippen molar-refractivity contribution in [1.29, 1.82) is 0 Å². The molecule has 0 fully saturated rings. The molecule has 1 rings (SSSR count). The lowest BCUT2D eigenvalue weighted by Gasteiger charge is -2.23. The van der Waals surface area contributed by atoms with Crippen molar-refractivity contribution in [1.82, 2.24) is 10.2 Å². The highest BCUT2D eigenvalue weighted by atomic mass is 16.5. The molecule has 8 nitrogen and oxygen atoms in total. The Morgan fingerprint density at radius 3 is 2.41 bits per heavy atom. The lowest BCUT2D eigenvalue weighted by molar-refractivity contribution is -0.146. The highest BCUT2D eigenvalue weighted by Gasteiger charge is 2.27. The van der Waals surface area contributed by atoms with E-state index in [1.165, 1.54) is 7.11 Å². The molecular weight excluding hydrogens is 350 g/mol. The second kappa shape index (κ2) is 11.2. The summed E-state index contributed by atoms with van der Waals surface area (Å²) in [6.07, 6.45) is 0.721. The molecular formula is C19H29N3O5. The largest absolute Gasteiger partial charge is 0.497 e. The van der Waals surface area contributed by atoms with Crippen LogP contribution >= 0.6 is 0 Å². The van der Waals surface area contributed by atoms with Gasteiger partial charge in [0.2, 0.25) is 11.8 Å². The lowest BCUT2D eigenvalue weighted by Crippen LogP contribution is -2.49. The summed E-state index contributed by atoms with van der Waals surface area (Å²) in [5.74, 6) is -0.494. The first-order chi connectivity index (χ1) is 12.8. The summed E-state index contributed by atoms with van der Waals surface area (Å²) in [4.78, 5) is 37.8. The van der Waals surface area contributed by atoms with Crippen LogP contribution in [0.4, 0.5) is 5.69 Å². The number of methoxy groups -OCH3 is 2. The number of anilines is 1. The number of ether oxygens (including phenoxy) is 2. The molecule has 2 atom stereocenters. The molecule has 8 heteroatoms. The fourth-order valence-electron chi connectivity index (χ4n) is 2.46. The first-order valence-corrected chi connectivity index (χ1v) is 8.80. The van der Waals surface area contributed by atoms with Crippen molar-refractivity contribution in [2.45, 2.75) is 26.3 Å². The van der Waals surface area contributed by atoms with Gasteiger partial charge in [-0.25, -0.2) is 4.79 Å². The van der Waals surface area contributed by atoms with E-state index in [1.807, 2.05) is 13.8 Å². The Hall–Kier alpha value is -2.61. The normalized spacial score (nSPS) is 12.8. The van der Waals surface area contributed by atoms with E-state index in [2.05, 4.69) is 10.6 Å². The van der Waals surface area contributed by atoms with Crippen LogP contribution in [-0.2, 0) is 19.1 Å². The minimum Gasteiger partial charge on any atom is -0.497 e. The van der Waals surface area contributed by atoms with Gasteiger partial charge >= 0.3 is 5.97 Å². The van der Waals surface area contributed by atoms with Gasteiger partial charge in [-0.15, -0.1) is 0 Å². The molecule has 0 spiro atoms. The van der Waals surface area contributed by atoms with Crippen LogP contribution in [0.15, 0.2) is 24.3 Å². The fourth-order valence-corrected chi connectivity index (χ4v) is 2.46. The second-order valence-electron chi connectivity index (χ2n) is 6.41. The van der Waals surface area contributed by atoms with E-state index in [0.717, 1.165) is 6.42 Å². The van der Waals surface area contributed by atoms with Gasteiger partial charge in [-0.2, -0.15) is 0 Å². The Kier molecular flexibility index (Phi) is 9.29. The number of carbonyl (C=O) groups is 3. The number of benzene rings is 1. The summed E-state index contributed by atoms with van der Waals surface area (Å²) in [5, 5.41) is 5.43. The average molecular weight is 379 g/mol. The molecule has 1 aromatic rings. The van der Waals surface area contributed by atoms with Crippen molar-refractivity contribution < 1.29 is 23.9 Å². The molecule has 1 aromatic carbocycles. The second-order valence-corrected chi connectivity index (χ2v) is 6.41. The van der Waals surface area contributed by atoms with Gasteiger partial charge < -0.3 is 20.1 Å². The van der Waals surface area contributed by atoms with Crippen LogP contribution in [0.1, 0.15) is 20.3 Å². The number of esters is 1. The van der Waals surface area contributed by atoms with Gasteiger partial charge in [-0.3, -0.25) is 14.5 Å². The number of hydrogen-bond donors (Lipinski definition) is 2. The minimum atomic E-state index is -0.702. The Bertz CT molecular complexity index is 650. The maximum absolute atomic E-state index is 12.2. The first kappa shape index (κ1) is 22.4. The van der Waals surface area contributed by atoms with Gasteiger partial charge in [0.05, 0.1) is 27.3 Å². The van der Waals surface area contributed by atoms with E-state index < -0.39 is 12.0 Å². The summed E-state index contributed by atoms with van der Waals surface area (Å²) in [6, 6.07) is 6.30. The average Bonchev–Trinajstić information content (AvgIpc) is 2.64. The number of nitrogens with one attached hydrogen (secondary N) is 2. The van der Waals surface area contributed by atoms with Crippen LogP contribution < -0.4 is 15.4 Å². The molecule has 27 heavy (non-hydrogen) atoms. The van der Waals surface area contributed by atoms with Crippen LogP contribution in [0.25, 0.3) is 0 Å². The van der Waals surface area contributed by atoms with Gasteiger partial charge in [0.1, 0.15) is 11.8 Å². The summed E-state index contributed by atoms with van der Waals surface area (Å²) in [5.41, 5.74) is 0.611. The number of hydrogen-bond acceptors (Lipinski definition) is 6. The van der Waals surface area contributed by atoms with Gasteiger partial charge in [-0.05, 0) is 25.1 Å². The van der Waals surface area contributed by atoms with E-state index in [1.54, 1.807) is 43.3 Å². The lowest BCUT2D eigenvalue weighted by atomic mass is 9.99. The molecule has 0 aromatic heterocycles. The molecule has 0 aliphatic rings. The standard InChI is InChI=1S/C19H29N3O5/c1-6-13(2)18(19(25)27-5)21-17(24)12-22(3)11-16(23)20-14-8-7-9-15(10-14)26-4/h7-10,13,18H,6,11-12H2,1-5H3,(H,20,23)(H,21,24)/t13-,18-/m1/s1. The van der Waals surface area contributed by atoms with Crippen molar-refractivity contribution in [3.63, 3.8) is 0 Å². The number of amides is 2. The SMILES string of the molecule is CC[C@@H](C)[C@@H](NC(=O)CN(C)CC(=O)Nc1cccc(OC)c1)C(=O)OC. The number of rotatable bonds is 10. The molecule has 150 valence electrons. The Morgan fingerprint density at radius 2 is 1.81 bits per heavy atom. The fraction of sp³-hybridized carbons (Fsp3) is 0.526. The molecule has 0 bridgehead atoms. The van der Waals surface area contributed by atoms with E-state index in [-0.39, 0.29) is 30.8 Å². The third-order valence-corrected chi connectivity index (χ3v) is 4.17. The van der Waals surface area contributed by atoms with Crippen LogP contribution in [-0.4, -0.2) is 63.1 Å². The predicted molar refractivity (Wildman–Crippen MR) is 103 cm³/mol. The van der Waals surface area contributed by atoms with Gasteiger partial charge in [0, 0.05) is 11.8 Å². The third-order valence-electron chi connectivity index (χ3n) is 4.17. The van der Waals surface area contributed by atoms with Crippen LogP contribution in [0, 0.1) is 5.92 Å². The summed E-state index contributed by atoms with van der Waals surface area (Å²) >= 11 is 0. The summed E-state index contributed by atoms with van der Waals surface area (Å²) < 4.78 is 9.86. The van der Waals surface area contributed by atoms with Crippen LogP contribution in [0.5, 0.6) is 5.75 Å². The summed E-state index contributed by atoms with van der Waals surface area (Å²) in [7, 11) is 4.49. The zero-order valence-corrected chi connectivity index (χ0v) is 16.6. The maximum atomic E-state index is 12.2. The van der Waals surface area contributed by atoms with Gasteiger partial charge in [0.15, 0.2) is 0 Å². The quantitative estimate of drug-likeness (QED) is 0.594.